The molecule has 0 aromatic heterocycles. The minimum absolute atomic E-state index is 0. The first kappa shape index (κ1) is 32.3. The van der Waals surface area contributed by atoms with Gasteiger partial charge in [-0.3, -0.25) is 0 Å². The van der Waals surface area contributed by atoms with E-state index < -0.39 is 0 Å². The molecule has 0 aliphatic carbocycles. The molecule has 0 aromatic carbocycles. The predicted molar refractivity (Wildman–Crippen MR) is 122 cm³/mol. The molecule has 5 nitrogen and oxygen atoms in total. The molecule has 0 saturated carbocycles. The number of hydrogen-bond acceptors (Lipinski definition) is 4. The van der Waals surface area contributed by atoms with Crippen LogP contribution < -0.4 is 12.4 Å². The maximum Gasteiger partial charge on any atom is 0.0786 e. The van der Waals surface area contributed by atoms with Gasteiger partial charge in [-0.1, -0.05) is 25.7 Å². The van der Waals surface area contributed by atoms with Gasteiger partial charge in [0.05, 0.1) is 26.2 Å². The second-order valence-electron chi connectivity index (χ2n) is 8.79. The highest BCUT2D eigenvalue weighted by atomic mass is 35.5. The SMILES string of the molecule is OCCCCCC[N+](CCCCCCO)(CCCCCCO)CCCCCCO.[Cl-]. The van der Waals surface area contributed by atoms with Gasteiger partial charge in [0.1, 0.15) is 0 Å². The van der Waals surface area contributed by atoms with Crippen LogP contribution in [0.1, 0.15) is 103 Å². The van der Waals surface area contributed by atoms with Gasteiger partial charge < -0.3 is 37.3 Å². The molecule has 0 radical (unpaired) electrons. The molecule has 0 atom stereocenters. The van der Waals surface area contributed by atoms with Crippen molar-refractivity contribution in [3.05, 3.63) is 0 Å². The Hall–Kier alpha value is 0.0900. The Bertz CT molecular complexity index is 260. The average Bonchev–Trinajstić information content (AvgIpc) is 2.73. The first-order chi connectivity index (χ1) is 14.2. The van der Waals surface area contributed by atoms with Crippen molar-refractivity contribution in [1.82, 2.24) is 0 Å². The van der Waals surface area contributed by atoms with Crippen molar-refractivity contribution in [2.75, 3.05) is 52.6 Å². The quantitative estimate of drug-likeness (QED) is 0.130. The van der Waals surface area contributed by atoms with Gasteiger partial charge in [-0.25, -0.2) is 0 Å². The maximum atomic E-state index is 9.03. The van der Waals surface area contributed by atoms with E-state index in [0.717, 1.165) is 51.4 Å². The molecule has 0 saturated heterocycles. The minimum Gasteiger partial charge on any atom is -1.00 e. The molecule has 0 unspecified atom stereocenters. The molecule has 0 aliphatic rings. The van der Waals surface area contributed by atoms with Crippen LogP contribution >= 0.6 is 0 Å². The summed E-state index contributed by atoms with van der Waals surface area (Å²) in [5.74, 6) is 0. The fourth-order valence-electron chi connectivity index (χ4n) is 4.32. The molecule has 184 valence electrons. The molecule has 0 bridgehead atoms. The fraction of sp³-hybridized carbons (Fsp3) is 1.00. The van der Waals surface area contributed by atoms with E-state index in [-0.39, 0.29) is 12.4 Å². The third-order valence-electron chi connectivity index (χ3n) is 6.16. The highest BCUT2D eigenvalue weighted by molar-refractivity contribution is 4.54. The summed E-state index contributed by atoms with van der Waals surface area (Å²) in [6, 6.07) is 0. The summed E-state index contributed by atoms with van der Waals surface area (Å²) in [7, 11) is 0. The van der Waals surface area contributed by atoms with E-state index in [9.17, 15) is 0 Å². The zero-order valence-corrected chi connectivity index (χ0v) is 20.3. The van der Waals surface area contributed by atoms with E-state index in [2.05, 4.69) is 0 Å². The smallest absolute Gasteiger partial charge is 0.0786 e. The van der Waals surface area contributed by atoms with E-state index >= 15 is 0 Å². The molecule has 0 heterocycles. The molecular formula is C24H52ClNO4. The maximum absolute atomic E-state index is 9.03. The van der Waals surface area contributed by atoms with Crippen molar-refractivity contribution in [3.63, 3.8) is 0 Å². The van der Waals surface area contributed by atoms with Crippen molar-refractivity contribution in [3.8, 4) is 0 Å². The number of unbranched alkanes of at least 4 members (excludes halogenated alkanes) is 12. The first-order valence-electron chi connectivity index (χ1n) is 12.5. The summed E-state index contributed by atoms with van der Waals surface area (Å²) in [6.07, 6.45) is 18.0. The first-order valence-corrected chi connectivity index (χ1v) is 12.5. The van der Waals surface area contributed by atoms with E-state index in [1.807, 2.05) is 0 Å². The Morgan fingerprint density at radius 1 is 0.300 bits per heavy atom. The average molecular weight is 454 g/mol. The van der Waals surface area contributed by atoms with Crippen molar-refractivity contribution in [2.45, 2.75) is 103 Å². The Morgan fingerprint density at radius 3 is 0.700 bits per heavy atom. The van der Waals surface area contributed by atoms with E-state index in [1.165, 1.54) is 82.0 Å². The zero-order chi connectivity index (χ0) is 21.5. The summed E-state index contributed by atoms with van der Waals surface area (Å²) in [5, 5.41) is 36.1. The molecule has 0 amide bonds. The monoisotopic (exact) mass is 453 g/mol. The Balaban J connectivity index is 0. The zero-order valence-electron chi connectivity index (χ0n) is 19.6. The molecule has 0 aromatic rings. The van der Waals surface area contributed by atoms with Crippen LogP contribution in [-0.4, -0.2) is 77.5 Å². The summed E-state index contributed by atoms with van der Waals surface area (Å²) < 4.78 is 1.22. The number of halogens is 1. The van der Waals surface area contributed by atoms with Crippen LogP contribution in [0, 0.1) is 0 Å². The summed E-state index contributed by atoms with van der Waals surface area (Å²) in [4.78, 5) is 0. The summed E-state index contributed by atoms with van der Waals surface area (Å²) in [5.41, 5.74) is 0. The van der Waals surface area contributed by atoms with Gasteiger partial charge in [-0.05, 0) is 77.0 Å². The van der Waals surface area contributed by atoms with Crippen molar-refractivity contribution >= 4 is 0 Å². The Morgan fingerprint density at radius 2 is 0.500 bits per heavy atom. The second-order valence-corrected chi connectivity index (χ2v) is 8.79. The Kier molecular flexibility index (Phi) is 27.3. The largest absolute Gasteiger partial charge is 1.00 e. The van der Waals surface area contributed by atoms with Crippen molar-refractivity contribution < 1.29 is 37.3 Å². The lowest BCUT2D eigenvalue weighted by Gasteiger charge is -2.39. The van der Waals surface area contributed by atoms with Crippen LogP contribution in [-0.2, 0) is 0 Å². The Labute approximate surface area is 192 Å². The topological polar surface area (TPSA) is 80.9 Å². The standard InChI is InChI=1S/C24H52NO4.ClH/c26-21-13-5-1-9-17-25(18-10-2-6-14-22-27,19-11-3-7-15-23-28)20-12-4-8-16-24-29;/h26-29H,1-24H2;1H/q+1;/p-1. The molecule has 0 spiro atoms. The van der Waals surface area contributed by atoms with Crippen LogP contribution in [0.4, 0.5) is 0 Å². The van der Waals surface area contributed by atoms with Gasteiger partial charge in [0.15, 0.2) is 0 Å². The third kappa shape index (κ3) is 20.0. The normalized spacial score (nSPS) is 11.6. The van der Waals surface area contributed by atoms with Crippen LogP contribution in [0.25, 0.3) is 0 Å². The molecule has 0 rings (SSSR count). The van der Waals surface area contributed by atoms with Gasteiger partial charge >= 0.3 is 0 Å². The van der Waals surface area contributed by atoms with Gasteiger partial charge in [0.25, 0.3) is 0 Å². The number of hydrogen-bond donors (Lipinski definition) is 4. The highest BCUT2D eigenvalue weighted by Gasteiger charge is 2.25. The lowest BCUT2D eigenvalue weighted by atomic mass is 10.1. The third-order valence-corrected chi connectivity index (χ3v) is 6.16. The van der Waals surface area contributed by atoms with Gasteiger partial charge in [-0.2, -0.15) is 0 Å². The lowest BCUT2D eigenvalue weighted by Crippen LogP contribution is -3.00. The van der Waals surface area contributed by atoms with Crippen molar-refractivity contribution in [2.24, 2.45) is 0 Å². The molecule has 0 aliphatic heterocycles. The minimum atomic E-state index is 0. The summed E-state index contributed by atoms with van der Waals surface area (Å²) in [6.45, 7) is 6.19. The van der Waals surface area contributed by atoms with E-state index in [1.54, 1.807) is 0 Å². The molecule has 0 fully saturated rings. The molecular weight excluding hydrogens is 402 g/mol. The predicted octanol–water partition coefficient (Wildman–Crippen LogP) is 1.02. The molecule has 30 heavy (non-hydrogen) atoms. The van der Waals surface area contributed by atoms with E-state index in [0.29, 0.717) is 26.4 Å². The number of aliphatic hydroxyl groups is 4. The van der Waals surface area contributed by atoms with E-state index in [4.69, 9.17) is 20.4 Å². The van der Waals surface area contributed by atoms with Crippen LogP contribution in [0.15, 0.2) is 0 Å². The lowest BCUT2D eigenvalue weighted by molar-refractivity contribution is -0.929. The van der Waals surface area contributed by atoms with Crippen LogP contribution in [0.2, 0.25) is 0 Å². The summed E-state index contributed by atoms with van der Waals surface area (Å²) >= 11 is 0. The number of nitrogens with zero attached hydrogens (tertiary/aromatic N) is 1. The number of quaternary nitrogens is 1. The van der Waals surface area contributed by atoms with Crippen molar-refractivity contribution in [1.29, 1.82) is 0 Å². The van der Waals surface area contributed by atoms with Gasteiger partial charge in [0, 0.05) is 26.4 Å². The number of rotatable bonds is 24. The second kappa shape index (κ2) is 25.4. The van der Waals surface area contributed by atoms with Gasteiger partial charge in [-0.15, -0.1) is 0 Å². The highest BCUT2D eigenvalue weighted by Crippen LogP contribution is 2.19. The van der Waals surface area contributed by atoms with Crippen LogP contribution in [0.5, 0.6) is 0 Å². The van der Waals surface area contributed by atoms with Crippen LogP contribution in [0.3, 0.4) is 0 Å². The fourth-order valence-corrected chi connectivity index (χ4v) is 4.32. The number of aliphatic hydroxyl groups excluding tert-OH is 4. The molecule has 6 heteroatoms. The molecule has 4 N–H and O–H groups in total. The van der Waals surface area contributed by atoms with Gasteiger partial charge in [0.2, 0.25) is 0 Å².